The van der Waals surface area contributed by atoms with E-state index in [1.165, 1.54) is 17.4 Å². The summed E-state index contributed by atoms with van der Waals surface area (Å²) in [4.78, 5) is 16.5. The summed E-state index contributed by atoms with van der Waals surface area (Å²) in [6.45, 7) is 0. The summed E-state index contributed by atoms with van der Waals surface area (Å²) in [5, 5.41) is 5.32. The molecule has 1 N–H and O–H groups in total. The van der Waals surface area contributed by atoms with Crippen molar-refractivity contribution in [1.29, 1.82) is 0 Å². The SMILES string of the molecule is COc1cccc(NC(=O)CCc2csc(-c3ccccc3F)n2)c1. The Morgan fingerprint density at radius 1 is 1.24 bits per heavy atom. The summed E-state index contributed by atoms with van der Waals surface area (Å²) in [7, 11) is 1.58. The Morgan fingerprint density at radius 3 is 2.88 bits per heavy atom. The number of halogens is 1. The van der Waals surface area contributed by atoms with Crippen LogP contribution in [-0.2, 0) is 11.2 Å². The van der Waals surface area contributed by atoms with Crippen LogP contribution in [0.25, 0.3) is 10.6 Å². The minimum Gasteiger partial charge on any atom is -0.497 e. The molecule has 0 unspecified atom stereocenters. The molecular weight excluding hydrogens is 339 g/mol. The molecule has 0 fully saturated rings. The maximum Gasteiger partial charge on any atom is 0.224 e. The number of rotatable bonds is 6. The van der Waals surface area contributed by atoms with E-state index in [4.69, 9.17) is 4.74 Å². The molecule has 0 aliphatic carbocycles. The van der Waals surface area contributed by atoms with Gasteiger partial charge in [-0.3, -0.25) is 4.79 Å². The van der Waals surface area contributed by atoms with E-state index in [1.54, 1.807) is 37.4 Å². The number of thiazole rings is 1. The van der Waals surface area contributed by atoms with Gasteiger partial charge in [-0.2, -0.15) is 0 Å². The van der Waals surface area contributed by atoms with Crippen molar-refractivity contribution in [2.45, 2.75) is 12.8 Å². The number of methoxy groups -OCH3 is 1. The lowest BCUT2D eigenvalue weighted by Crippen LogP contribution is -2.12. The van der Waals surface area contributed by atoms with Crippen molar-refractivity contribution in [3.63, 3.8) is 0 Å². The van der Waals surface area contributed by atoms with E-state index in [-0.39, 0.29) is 11.7 Å². The summed E-state index contributed by atoms with van der Waals surface area (Å²) < 4.78 is 18.9. The first-order chi connectivity index (χ1) is 12.2. The normalized spacial score (nSPS) is 10.5. The third-order valence-electron chi connectivity index (χ3n) is 3.62. The number of anilines is 1. The number of benzene rings is 2. The highest BCUT2D eigenvalue weighted by molar-refractivity contribution is 7.13. The Kier molecular flexibility index (Phi) is 5.40. The maximum absolute atomic E-state index is 13.8. The zero-order valence-electron chi connectivity index (χ0n) is 13.7. The van der Waals surface area contributed by atoms with Crippen molar-refractivity contribution < 1.29 is 13.9 Å². The summed E-state index contributed by atoms with van der Waals surface area (Å²) in [6.07, 6.45) is 0.804. The molecule has 0 spiro atoms. The number of hydrogen-bond acceptors (Lipinski definition) is 4. The van der Waals surface area contributed by atoms with E-state index >= 15 is 0 Å². The van der Waals surface area contributed by atoms with Crippen LogP contribution in [0.1, 0.15) is 12.1 Å². The van der Waals surface area contributed by atoms with Gasteiger partial charge < -0.3 is 10.1 Å². The summed E-state index contributed by atoms with van der Waals surface area (Å²) in [6, 6.07) is 13.7. The van der Waals surface area contributed by atoms with Crippen molar-refractivity contribution in [2.24, 2.45) is 0 Å². The van der Waals surface area contributed by atoms with Gasteiger partial charge in [-0.1, -0.05) is 18.2 Å². The van der Waals surface area contributed by atoms with E-state index in [0.717, 1.165) is 5.69 Å². The smallest absolute Gasteiger partial charge is 0.224 e. The molecule has 0 aliphatic heterocycles. The monoisotopic (exact) mass is 356 g/mol. The quantitative estimate of drug-likeness (QED) is 0.706. The Labute approximate surface area is 149 Å². The zero-order chi connectivity index (χ0) is 17.6. The lowest BCUT2D eigenvalue weighted by molar-refractivity contribution is -0.116. The van der Waals surface area contributed by atoms with E-state index in [0.29, 0.717) is 34.8 Å². The molecule has 4 nitrogen and oxygen atoms in total. The average molecular weight is 356 g/mol. The van der Waals surface area contributed by atoms with Gasteiger partial charge in [0.05, 0.1) is 12.8 Å². The predicted molar refractivity (Wildman–Crippen MR) is 97.5 cm³/mol. The number of nitrogens with zero attached hydrogens (tertiary/aromatic N) is 1. The van der Waals surface area contributed by atoms with Gasteiger partial charge >= 0.3 is 0 Å². The van der Waals surface area contributed by atoms with E-state index in [1.807, 2.05) is 17.5 Å². The molecule has 3 rings (SSSR count). The van der Waals surface area contributed by atoms with Crippen LogP contribution in [0.15, 0.2) is 53.9 Å². The van der Waals surface area contributed by atoms with Gasteiger partial charge in [0.25, 0.3) is 0 Å². The highest BCUT2D eigenvalue weighted by Crippen LogP contribution is 2.26. The third kappa shape index (κ3) is 4.42. The van der Waals surface area contributed by atoms with Crippen LogP contribution < -0.4 is 10.1 Å². The Bertz CT molecular complexity index is 879. The van der Waals surface area contributed by atoms with Crippen LogP contribution in [0, 0.1) is 5.82 Å². The van der Waals surface area contributed by atoms with Crippen LogP contribution in [0.3, 0.4) is 0 Å². The number of amides is 1. The molecule has 3 aromatic rings. The number of hydrogen-bond donors (Lipinski definition) is 1. The van der Waals surface area contributed by atoms with Crippen LogP contribution in [0.5, 0.6) is 5.75 Å². The number of aromatic nitrogens is 1. The van der Waals surface area contributed by atoms with Gasteiger partial charge in [0.15, 0.2) is 0 Å². The second kappa shape index (κ2) is 7.90. The Balaban J connectivity index is 1.58. The fourth-order valence-corrected chi connectivity index (χ4v) is 3.23. The van der Waals surface area contributed by atoms with Crippen LogP contribution in [0.4, 0.5) is 10.1 Å². The van der Waals surface area contributed by atoms with Gasteiger partial charge in [-0.25, -0.2) is 9.37 Å². The first-order valence-electron chi connectivity index (χ1n) is 7.79. The Morgan fingerprint density at radius 2 is 2.08 bits per heavy atom. The average Bonchev–Trinajstić information content (AvgIpc) is 3.09. The zero-order valence-corrected chi connectivity index (χ0v) is 14.5. The lowest BCUT2D eigenvalue weighted by Gasteiger charge is -2.06. The maximum atomic E-state index is 13.8. The lowest BCUT2D eigenvalue weighted by atomic mass is 10.2. The van der Waals surface area contributed by atoms with Crippen LogP contribution >= 0.6 is 11.3 Å². The van der Waals surface area contributed by atoms with Crippen molar-refractivity contribution in [3.05, 3.63) is 65.4 Å². The van der Waals surface area contributed by atoms with Crippen molar-refractivity contribution >= 4 is 22.9 Å². The van der Waals surface area contributed by atoms with E-state index in [2.05, 4.69) is 10.3 Å². The van der Waals surface area contributed by atoms with Gasteiger partial charge in [-0.05, 0) is 30.7 Å². The second-order valence-corrected chi connectivity index (χ2v) is 6.26. The summed E-state index contributed by atoms with van der Waals surface area (Å²) in [5.41, 5.74) is 1.96. The second-order valence-electron chi connectivity index (χ2n) is 5.40. The summed E-state index contributed by atoms with van der Waals surface area (Å²) in [5.74, 6) is 0.291. The standard InChI is InChI=1S/C19H17FN2O2S/c1-24-15-6-4-5-13(11-15)21-18(23)10-9-14-12-25-19(22-14)16-7-2-3-8-17(16)20/h2-8,11-12H,9-10H2,1H3,(H,21,23). The van der Waals surface area contributed by atoms with Crippen molar-refractivity contribution in [2.75, 3.05) is 12.4 Å². The fourth-order valence-electron chi connectivity index (χ4n) is 2.35. The highest BCUT2D eigenvalue weighted by Gasteiger charge is 2.10. The van der Waals surface area contributed by atoms with Crippen LogP contribution in [0.2, 0.25) is 0 Å². The molecule has 0 bridgehead atoms. The number of aryl methyl sites for hydroxylation is 1. The van der Waals surface area contributed by atoms with Crippen molar-refractivity contribution in [1.82, 2.24) is 4.98 Å². The minimum absolute atomic E-state index is 0.103. The van der Waals surface area contributed by atoms with E-state index < -0.39 is 0 Å². The molecule has 0 saturated carbocycles. The first-order valence-corrected chi connectivity index (χ1v) is 8.67. The number of ether oxygens (including phenoxy) is 1. The van der Waals surface area contributed by atoms with Gasteiger partial charge in [0.2, 0.25) is 5.91 Å². The molecule has 6 heteroatoms. The molecule has 25 heavy (non-hydrogen) atoms. The molecule has 1 amide bonds. The molecule has 1 aromatic heterocycles. The summed E-state index contributed by atoms with van der Waals surface area (Å²) >= 11 is 1.38. The fraction of sp³-hybridized carbons (Fsp3) is 0.158. The first kappa shape index (κ1) is 17.1. The molecular formula is C19H17FN2O2S. The third-order valence-corrected chi connectivity index (χ3v) is 4.54. The molecule has 0 aliphatic rings. The van der Waals surface area contributed by atoms with Gasteiger partial charge in [-0.15, -0.1) is 11.3 Å². The molecule has 2 aromatic carbocycles. The van der Waals surface area contributed by atoms with E-state index in [9.17, 15) is 9.18 Å². The highest BCUT2D eigenvalue weighted by atomic mass is 32.1. The number of carbonyl (C=O) groups excluding carboxylic acids is 1. The Hall–Kier alpha value is -2.73. The van der Waals surface area contributed by atoms with Crippen LogP contribution in [-0.4, -0.2) is 18.0 Å². The topological polar surface area (TPSA) is 51.2 Å². The molecule has 0 atom stereocenters. The molecule has 128 valence electrons. The number of nitrogens with one attached hydrogen (secondary N) is 1. The molecule has 1 heterocycles. The van der Waals surface area contributed by atoms with Gasteiger partial charge in [0.1, 0.15) is 16.6 Å². The van der Waals surface area contributed by atoms with Crippen molar-refractivity contribution in [3.8, 4) is 16.3 Å². The molecule has 0 radical (unpaired) electrons. The predicted octanol–water partition coefficient (Wildman–Crippen LogP) is 4.53. The molecule has 0 saturated heterocycles. The van der Waals surface area contributed by atoms with Gasteiger partial charge in [0, 0.05) is 29.1 Å². The number of carbonyl (C=O) groups is 1. The minimum atomic E-state index is -0.292. The largest absolute Gasteiger partial charge is 0.497 e.